The van der Waals surface area contributed by atoms with Crippen LogP contribution in [0.4, 0.5) is 5.69 Å². The molecule has 3 heterocycles. The van der Waals surface area contributed by atoms with E-state index in [9.17, 15) is 9.90 Å². The Kier molecular flexibility index (Phi) is 6.60. The quantitative estimate of drug-likeness (QED) is 0.485. The molecule has 8 nitrogen and oxygen atoms in total. The Morgan fingerprint density at radius 2 is 2.03 bits per heavy atom. The van der Waals surface area contributed by atoms with Crippen LogP contribution in [0.5, 0.6) is 5.88 Å². The molecule has 4 N–H and O–H groups in total. The number of benzene rings is 2. The molecule has 5 rings (SSSR count). The number of H-pyrrole nitrogens is 1. The van der Waals surface area contributed by atoms with E-state index in [0.717, 1.165) is 29.3 Å². The number of oxime groups is 1. The standard InChI is InChI=1S/C23H22ClN5O3.ClH/c24-13-5-6-18-16(11-13)20(23(31)27-18)22-21(15-3-1-2-4-17(15)26-22)28-32-12-19(30)29-9-7-14(25)8-10-29;/h1-6,11,14,27,31H,7-10,12,25H2;1H/b28-21+;. The predicted octanol–water partition coefficient (Wildman–Crippen LogP) is 3.75. The van der Waals surface area contributed by atoms with E-state index in [4.69, 9.17) is 22.2 Å². The van der Waals surface area contributed by atoms with Gasteiger partial charge >= 0.3 is 0 Å². The molecule has 0 saturated carbocycles. The second-order valence-corrected chi connectivity index (χ2v) is 8.38. The molecule has 172 valence electrons. The third-order valence-electron chi connectivity index (χ3n) is 5.83. The van der Waals surface area contributed by atoms with E-state index < -0.39 is 0 Å². The van der Waals surface area contributed by atoms with Crippen molar-refractivity contribution in [2.24, 2.45) is 15.9 Å². The molecule has 1 saturated heterocycles. The summed E-state index contributed by atoms with van der Waals surface area (Å²) in [4.78, 5) is 27.4. The smallest absolute Gasteiger partial charge is 0.263 e. The molecule has 3 aromatic rings. The van der Waals surface area contributed by atoms with Crippen molar-refractivity contribution < 1.29 is 14.7 Å². The third kappa shape index (κ3) is 4.42. The van der Waals surface area contributed by atoms with E-state index in [1.54, 1.807) is 23.1 Å². The van der Waals surface area contributed by atoms with Gasteiger partial charge in [0.2, 0.25) is 0 Å². The molecule has 1 fully saturated rings. The number of aromatic hydroxyl groups is 1. The second kappa shape index (κ2) is 9.43. The maximum absolute atomic E-state index is 12.5. The summed E-state index contributed by atoms with van der Waals surface area (Å²) >= 11 is 6.19. The number of nitrogens with one attached hydrogen (secondary N) is 1. The van der Waals surface area contributed by atoms with Gasteiger partial charge in [0.05, 0.1) is 11.3 Å². The molecule has 0 aliphatic carbocycles. The lowest BCUT2D eigenvalue weighted by atomic mass is 10.0. The molecule has 0 unspecified atom stereocenters. The van der Waals surface area contributed by atoms with Gasteiger partial charge in [0.1, 0.15) is 11.4 Å². The summed E-state index contributed by atoms with van der Waals surface area (Å²) in [5, 5.41) is 16.2. The summed E-state index contributed by atoms with van der Waals surface area (Å²) in [7, 11) is 0. The second-order valence-electron chi connectivity index (χ2n) is 7.95. The van der Waals surface area contributed by atoms with E-state index in [1.165, 1.54) is 0 Å². The van der Waals surface area contributed by atoms with Crippen molar-refractivity contribution in [2.45, 2.75) is 18.9 Å². The maximum atomic E-state index is 12.5. The van der Waals surface area contributed by atoms with Crippen LogP contribution >= 0.6 is 24.0 Å². The van der Waals surface area contributed by atoms with E-state index in [-0.39, 0.29) is 36.8 Å². The van der Waals surface area contributed by atoms with Crippen LogP contribution in [0.25, 0.3) is 10.9 Å². The van der Waals surface area contributed by atoms with E-state index in [2.05, 4.69) is 15.1 Å². The number of fused-ring (bicyclic) bond motifs is 2. The number of aliphatic imine (C=N–C) groups is 1. The first kappa shape index (κ1) is 23.1. The zero-order chi connectivity index (χ0) is 22.2. The maximum Gasteiger partial charge on any atom is 0.263 e. The largest absolute Gasteiger partial charge is 0.494 e. The number of para-hydroxylation sites is 1. The van der Waals surface area contributed by atoms with Crippen molar-refractivity contribution in [2.75, 3.05) is 19.7 Å². The summed E-state index contributed by atoms with van der Waals surface area (Å²) < 4.78 is 0. The van der Waals surface area contributed by atoms with Gasteiger partial charge in [-0.25, -0.2) is 4.99 Å². The zero-order valence-electron chi connectivity index (χ0n) is 17.6. The Morgan fingerprint density at radius 3 is 2.82 bits per heavy atom. The molecule has 1 aromatic heterocycles. The number of carbonyl (C=O) groups is 1. The van der Waals surface area contributed by atoms with Gasteiger partial charge in [-0.1, -0.05) is 35.0 Å². The van der Waals surface area contributed by atoms with E-state index in [1.807, 2.05) is 24.3 Å². The predicted molar refractivity (Wildman–Crippen MR) is 131 cm³/mol. The van der Waals surface area contributed by atoms with Crippen LogP contribution in [0.3, 0.4) is 0 Å². The minimum atomic E-state index is -0.181. The molecule has 2 aromatic carbocycles. The third-order valence-corrected chi connectivity index (χ3v) is 6.06. The normalized spacial score (nSPS) is 17.1. The van der Waals surface area contributed by atoms with Crippen LogP contribution < -0.4 is 5.73 Å². The highest BCUT2D eigenvalue weighted by atomic mass is 35.5. The van der Waals surface area contributed by atoms with Crippen LogP contribution in [0.15, 0.2) is 52.6 Å². The highest BCUT2D eigenvalue weighted by Gasteiger charge is 2.29. The topological polar surface area (TPSA) is 116 Å². The first-order valence-corrected chi connectivity index (χ1v) is 10.8. The van der Waals surface area contributed by atoms with Crippen molar-refractivity contribution in [3.05, 3.63) is 58.6 Å². The van der Waals surface area contributed by atoms with Crippen molar-refractivity contribution in [1.82, 2.24) is 9.88 Å². The molecule has 0 atom stereocenters. The number of likely N-dealkylation sites (tertiary alicyclic amines) is 1. The number of rotatable bonds is 4. The molecule has 10 heteroatoms. The van der Waals surface area contributed by atoms with Crippen molar-refractivity contribution >= 4 is 57.9 Å². The Hall–Kier alpha value is -3.07. The van der Waals surface area contributed by atoms with Gasteiger partial charge in [0.15, 0.2) is 12.5 Å². The van der Waals surface area contributed by atoms with Crippen LogP contribution in [0, 0.1) is 0 Å². The zero-order valence-corrected chi connectivity index (χ0v) is 19.2. The van der Waals surface area contributed by atoms with Gasteiger partial charge in [-0.05, 0) is 37.1 Å². The molecule has 0 bridgehead atoms. The van der Waals surface area contributed by atoms with Gasteiger partial charge in [-0.15, -0.1) is 12.4 Å². The number of halogens is 2. The average molecular weight is 488 g/mol. The molecule has 33 heavy (non-hydrogen) atoms. The monoisotopic (exact) mass is 487 g/mol. The van der Waals surface area contributed by atoms with Gasteiger partial charge in [0, 0.05) is 40.6 Å². The number of carbonyl (C=O) groups excluding carboxylic acids is 1. The summed E-state index contributed by atoms with van der Waals surface area (Å²) in [6.45, 7) is 1.07. The lowest BCUT2D eigenvalue weighted by Gasteiger charge is -2.29. The van der Waals surface area contributed by atoms with Gasteiger partial charge in [0.25, 0.3) is 5.91 Å². The number of nitrogens with zero attached hydrogens (tertiary/aromatic N) is 3. The van der Waals surface area contributed by atoms with Crippen molar-refractivity contribution in [3.63, 3.8) is 0 Å². The number of hydrogen-bond acceptors (Lipinski definition) is 6. The molecule has 2 aliphatic heterocycles. The van der Waals surface area contributed by atoms with Crippen LogP contribution in [0.2, 0.25) is 5.02 Å². The fraction of sp³-hybridized carbons (Fsp3) is 0.261. The minimum Gasteiger partial charge on any atom is -0.494 e. The molecule has 0 radical (unpaired) electrons. The Balaban J connectivity index is 0.00000259. The highest BCUT2D eigenvalue weighted by Crippen LogP contribution is 2.36. The van der Waals surface area contributed by atoms with E-state index >= 15 is 0 Å². The number of piperidine rings is 1. The lowest BCUT2D eigenvalue weighted by Crippen LogP contribution is -2.44. The highest BCUT2D eigenvalue weighted by molar-refractivity contribution is 6.58. The Labute approximate surface area is 201 Å². The average Bonchev–Trinajstić information content (AvgIpc) is 3.30. The number of aromatic nitrogens is 1. The molecule has 1 amide bonds. The van der Waals surface area contributed by atoms with Gasteiger partial charge < -0.3 is 25.6 Å². The van der Waals surface area contributed by atoms with Crippen LogP contribution in [-0.2, 0) is 9.63 Å². The first-order valence-electron chi connectivity index (χ1n) is 10.4. The molecule has 2 aliphatic rings. The van der Waals surface area contributed by atoms with Crippen molar-refractivity contribution in [1.29, 1.82) is 0 Å². The summed E-state index contributed by atoms with van der Waals surface area (Å²) in [6, 6.07) is 12.9. The number of amides is 1. The summed E-state index contributed by atoms with van der Waals surface area (Å²) in [5.41, 5.74) is 9.48. The molecule has 0 spiro atoms. The van der Waals surface area contributed by atoms with E-state index in [0.29, 0.717) is 40.8 Å². The summed E-state index contributed by atoms with van der Waals surface area (Å²) in [5.74, 6) is -0.171. The number of aromatic amines is 1. The molecular weight excluding hydrogens is 465 g/mol. The number of hydrogen-bond donors (Lipinski definition) is 3. The van der Waals surface area contributed by atoms with Gasteiger partial charge in [-0.2, -0.15) is 0 Å². The van der Waals surface area contributed by atoms with Gasteiger partial charge in [-0.3, -0.25) is 4.79 Å². The van der Waals surface area contributed by atoms with Crippen molar-refractivity contribution in [3.8, 4) is 5.88 Å². The lowest BCUT2D eigenvalue weighted by molar-refractivity contribution is -0.137. The summed E-state index contributed by atoms with van der Waals surface area (Å²) in [6.07, 6.45) is 1.57. The Bertz CT molecular complexity index is 1260. The number of nitrogens with two attached hydrogens (primary N) is 1. The Morgan fingerprint density at radius 1 is 1.27 bits per heavy atom. The van der Waals surface area contributed by atoms with Crippen LogP contribution in [0.1, 0.15) is 24.0 Å². The first-order chi connectivity index (χ1) is 15.5. The van der Waals surface area contributed by atoms with Crippen LogP contribution in [-0.4, -0.2) is 58.1 Å². The SMILES string of the molecule is Cl.NC1CCN(C(=O)CO/N=C2/C(c3c(O)[nH]c4ccc(Cl)cc34)=Nc3ccccc32)CC1. The fourth-order valence-corrected chi connectivity index (χ4v) is 4.29. The minimum absolute atomic E-state index is 0. The fourth-order valence-electron chi connectivity index (χ4n) is 4.12. The molecular formula is C23H23Cl2N5O3.